The summed E-state index contributed by atoms with van der Waals surface area (Å²) in [6.07, 6.45) is 3.07. The van der Waals surface area contributed by atoms with Crippen molar-refractivity contribution in [2.75, 3.05) is 17.5 Å². The summed E-state index contributed by atoms with van der Waals surface area (Å²) in [5.41, 5.74) is 1.66. The lowest BCUT2D eigenvalue weighted by atomic mass is 9.99. The molecule has 6 nitrogen and oxygen atoms in total. The lowest BCUT2D eigenvalue weighted by Gasteiger charge is -2.30. The molecule has 23 heavy (non-hydrogen) atoms. The van der Waals surface area contributed by atoms with Crippen LogP contribution in [-0.4, -0.2) is 39.2 Å². The van der Waals surface area contributed by atoms with Gasteiger partial charge in [0, 0.05) is 17.6 Å². The fourth-order valence-electron chi connectivity index (χ4n) is 2.57. The molecule has 0 aromatic heterocycles. The number of halogens is 1. The molecule has 130 valence electrons. The number of amides is 1. The Labute approximate surface area is 143 Å². The Balaban J connectivity index is 0.00000264. The summed E-state index contributed by atoms with van der Waals surface area (Å²) in [6, 6.07) is 5.35. The van der Waals surface area contributed by atoms with E-state index in [0.717, 1.165) is 31.2 Å². The van der Waals surface area contributed by atoms with E-state index in [2.05, 4.69) is 22.3 Å². The summed E-state index contributed by atoms with van der Waals surface area (Å²) in [5.74, 6) is -0.183. The number of rotatable bonds is 4. The number of hydrogen-bond acceptors (Lipinski definition) is 4. The van der Waals surface area contributed by atoms with Gasteiger partial charge in [0.2, 0.25) is 10.0 Å². The van der Waals surface area contributed by atoms with Crippen LogP contribution in [0.3, 0.4) is 0 Å². The van der Waals surface area contributed by atoms with Gasteiger partial charge in [-0.25, -0.2) is 8.42 Å². The Morgan fingerprint density at radius 2 is 2.04 bits per heavy atom. The summed E-state index contributed by atoms with van der Waals surface area (Å²) in [4.78, 5) is 12.4. The minimum absolute atomic E-state index is 0. The molecule has 1 aliphatic rings. The first-order chi connectivity index (χ1) is 10.3. The highest BCUT2D eigenvalue weighted by molar-refractivity contribution is 7.92. The monoisotopic (exact) mass is 361 g/mol. The third-order valence-electron chi connectivity index (χ3n) is 3.87. The van der Waals surface area contributed by atoms with E-state index in [1.807, 2.05) is 0 Å². The lowest BCUT2D eigenvalue weighted by molar-refractivity contribution is 0.0920. The van der Waals surface area contributed by atoms with E-state index >= 15 is 0 Å². The van der Waals surface area contributed by atoms with Crippen molar-refractivity contribution in [2.24, 2.45) is 0 Å². The molecule has 1 amide bonds. The molecule has 1 saturated heterocycles. The molecule has 8 heteroatoms. The summed E-state index contributed by atoms with van der Waals surface area (Å²) in [6.45, 7) is 4.82. The first-order valence-electron chi connectivity index (χ1n) is 7.39. The van der Waals surface area contributed by atoms with Crippen molar-refractivity contribution in [3.8, 4) is 0 Å². The third kappa shape index (κ3) is 5.67. The van der Waals surface area contributed by atoms with Gasteiger partial charge in [0.1, 0.15) is 0 Å². The van der Waals surface area contributed by atoms with E-state index in [-0.39, 0.29) is 30.4 Å². The van der Waals surface area contributed by atoms with Crippen LogP contribution >= 0.6 is 12.4 Å². The molecule has 2 atom stereocenters. The van der Waals surface area contributed by atoms with Gasteiger partial charge in [-0.3, -0.25) is 9.52 Å². The second kappa shape index (κ2) is 7.99. The minimum Gasteiger partial charge on any atom is -0.348 e. The normalized spacial score (nSPS) is 21.2. The number of piperidine rings is 1. The van der Waals surface area contributed by atoms with Gasteiger partial charge in [0.05, 0.1) is 11.9 Å². The molecule has 1 aromatic rings. The molecule has 2 unspecified atom stereocenters. The SMILES string of the molecule is Cc1ccc(C(=O)NC2CCCNC2C)cc1NS(C)(=O)=O.Cl. The number of nitrogens with one attached hydrogen (secondary N) is 3. The smallest absolute Gasteiger partial charge is 0.251 e. The van der Waals surface area contributed by atoms with Gasteiger partial charge in [-0.1, -0.05) is 6.07 Å². The van der Waals surface area contributed by atoms with Gasteiger partial charge in [0.25, 0.3) is 5.91 Å². The Morgan fingerprint density at radius 3 is 2.65 bits per heavy atom. The van der Waals surface area contributed by atoms with E-state index < -0.39 is 10.0 Å². The first kappa shape index (κ1) is 19.7. The van der Waals surface area contributed by atoms with Crippen molar-refractivity contribution in [1.82, 2.24) is 10.6 Å². The molecule has 0 spiro atoms. The number of benzene rings is 1. The highest BCUT2D eigenvalue weighted by atomic mass is 35.5. The van der Waals surface area contributed by atoms with E-state index in [0.29, 0.717) is 11.3 Å². The quantitative estimate of drug-likeness (QED) is 0.761. The summed E-state index contributed by atoms with van der Waals surface area (Å²) in [5, 5.41) is 6.35. The largest absolute Gasteiger partial charge is 0.348 e. The Morgan fingerprint density at radius 1 is 1.35 bits per heavy atom. The van der Waals surface area contributed by atoms with Crippen LogP contribution in [0.4, 0.5) is 5.69 Å². The van der Waals surface area contributed by atoms with Crippen LogP contribution in [0.15, 0.2) is 18.2 Å². The molecule has 2 rings (SSSR count). The number of hydrogen-bond donors (Lipinski definition) is 3. The molecule has 0 aliphatic carbocycles. The standard InChI is InChI=1S/C15H23N3O3S.ClH/c1-10-6-7-12(9-14(10)18-22(3,20)21)15(19)17-13-5-4-8-16-11(13)2;/h6-7,9,11,13,16,18H,4-5,8H2,1-3H3,(H,17,19);1H. The molecule has 0 saturated carbocycles. The topological polar surface area (TPSA) is 87.3 Å². The van der Waals surface area contributed by atoms with Crippen LogP contribution in [0.25, 0.3) is 0 Å². The highest BCUT2D eigenvalue weighted by Gasteiger charge is 2.23. The van der Waals surface area contributed by atoms with E-state index in [4.69, 9.17) is 0 Å². The van der Waals surface area contributed by atoms with E-state index in [9.17, 15) is 13.2 Å². The molecule has 1 fully saturated rings. The first-order valence-corrected chi connectivity index (χ1v) is 9.28. The molecular formula is C15H24ClN3O3S. The fraction of sp³-hybridized carbons (Fsp3) is 0.533. The zero-order chi connectivity index (χ0) is 16.3. The average molecular weight is 362 g/mol. The number of carbonyl (C=O) groups excluding carboxylic acids is 1. The van der Waals surface area contributed by atoms with Crippen LogP contribution in [0.5, 0.6) is 0 Å². The van der Waals surface area contributed by atoms with Crippen LogP contribution in [0.2, 0.25) is 0 Å². The highest BCUT2D eigenvalue weighted by Crippen LogP contribution is 2.18. The maximum Gasteiger partial charge on any atom is 0.251 e. The number of carbonyl (C=O) groups is 1. The molecule has 0 radical (unpaired) electrons. The van der Waals surface area contributed by atoms with Gasteiger partial charge in [-0.15, -0.1) is 12.4 Å². The van der Waals surface area contributed by atoms with Crippen molar-refractivity contribution in [3.63, 3.8) is 0 Å². The second-order valence-corrected chi connectivity index (χ2v) is 7.62. The van der Waals surface area contributed by atoms with Crippen LogP contribution in [-0.2, 0) is 10.0 Å². The molecule has 1 aromatic carbocycles. The zero-order valence-electron chi connectivity index (χ0n) is 13.5. The molecular weight excluding hydrogens is 338 g/mol. The minimum atomic E-state index is -3.37. The lowest BCUT2D eigenvalue weighted by Crippen LogP contribution is -2.51. The average Bonchev–Trinajstić information content (AvgIpc) is 2.42. The van der Waals surface area contributed by atoms with Crippen molar-refractivity contribution < 1.29 is 13.2 Å². The fourth-order valence-corrected chi connectivity index (χ4v) is 3.19. The molecule has 3 N–H and O–H groups in total. The van der Waals surface area contributed by atoms with Gasteiger partial charge < -0.3 is 10.6 Å². The summed E-state index contributed by atoms with van der Waals surface area (Å²) < 4.78 is 25.2. The van der Waals surface area contributed by atoms with E-state index in [1.54, 1.807) is 25.1 Å². The van der Waals surface area contributed by atoms with Gasteiger partial charge in [0.15, 0.2) is 0 Å². The summed E-state index contributed by atoms with van der Waals surface area (Å²) in [7, 11) is -3.37. The summed E-state index contributed by atoms with van der Waals surface area (Å²) >= 11 is 0. The van der Waals surface area contributed by atoms with Crippen molar-refractivity contribution in [2.45, 2.75) is 38.8 Å². The van der Waals surface area contributed by atoms with E-state index in [1.165, 1.54) is 0 Å². The van der Waals surface area contributed by atoms with Gasteiger partial charge in [-0.2, -0.15) is 0 Å². The van der Waals surface area contributed by atoms with Gasteiger partial charge in [-0.05, 0) is 50.9 Å². The molecule has 1 heterocycles. The Hall–Kier alpha value is -1.31. The maximum absolute atomic E-state index is 12.4. The number of aryl methyl sites for hydroxylation is 1. The van der Waals surface area contributed by atoms with Crippen molar-refractivity contribution in [3.05, 3.63) is 29.3 Å². The van der Waals surface area contributed by atoms with Gasteiger partial charge >= 0.3 is 0 Å². The van der Waals surface area contributed by atoms with Crippen molar-refractivity contribution in [1.29, 1.82) is 0 Å². The number of anilines is 1. The Kier molecular flexibility index (Phi) is 6.85. The Bertz CT molecular complexity index is 664. The molecule has 1 aliphatic heterocycles. The third-order valence-corrected chi connectivity index (χ3v) is 4.46. The predicted molar refractivity (Wildman–Crippen MR) is 94.8 cm³/mol. The molecule has 0 bridgehead atoms. The maximum atomic E-state index is 12.4. The van der Waals surface area contributed by atoms with Crippen molar-refractivity contribution >= 4 is 34.0 Å². The second-order valence-electron chi connectivity index (χ2n) is 5.87. The zero-order valence-corrected chi connectivity index (χ0v) is 15.2. The van der Waals surface area contributed by atoms with Crippen LogP contribution in [0, 0.1) is 6.92 Å². The van der Waals surface area contributed by atoms with Crippen LogP contribution < -0.4 is 15.4 Å². The van der Waals surface area contributed by atoms with Crippen LogP contribution in [0.1, 0.15) is 35.7 Å². The predicted octanol–water partition coefficient (Wildman–Crippen LogP) is 1.66. The number of sulfonamides is 1.